The molecule has 1 aromatic carbocycles. The van der Waals surface area contributed by atoms with Crippen LogP contribution in [0.15, 0.2) is 43.5 Å². The van der Waals surface area contributed by atoms with Crippen molar-refractivity contribution in [3.05, 3.63) is 54.6 Å². The summed E-state index contributed by atoms with van der Waals surface area (Å²) in [5.74, 6) is 0. The number of rotatable bonds is 6. The number of hydrogen-bond donors (Lipinski definition) is 1. The first-order valence-electron chi connectivity index (χ1n) is 6.64. The molecular formula is C16H22N2. The second-order valence-corrected chi connectivity index (χ2v) is 4.75. The third-order valence-corrected chi connectivity index (χ3v) is 3.36. The molecule has 1 aromatic rings. The van der Waals surface area contributed by atoms with Crippen molar-refractivity contribution in [2.45, 2.75) is 19.4 Å². The highest BCUT2D eigenvalue weighted by Gasteiger charge is 2.13. The summed E-state index contributed by atoms with van der Waals surface area (Å²) in [5, 5.41) is 3.48. The van der Waals surface area contributed by atoms with E-state index >= 15 is 0 Å². The molecule has 0 fully saturated rings. The Hall–Kier alpha value is -1.54. The molecule has 1 aliphatic heterocycles. The van der Waals surface area contributed by atoms with E-state index in [1.165, 1.54) is 29.7 Å². The monoisotopic (exact) mass is 242 g/mol. The largest absolute Gasteiger partial charge is 0.385 e. The third kappa shape index (κ3) is 3.02. The highest BCUT2D eigenvalue weighted by molar-refractivity contribution is 5.56. The highest BCUT2D eigenvalue weighted by Crippen LogP contribution is 2.26. The average Bonchev–Trinajstić information content (AvgIpc) is 2.40. The zero-order valence-electron chi connectivity index (χ0n) is 11.0. The summed E-state index contributed by atoms with van der Waals surface area (Å²) in [5.41, 5.74) is 4.24. The van der Waals surface area contributed by atoms with Gasteiger partial charge in [0.25, 0.3) is 0 Å². The molecule has 2 rings (SSSR count). The molecule has 0 saturated carbocycles. The summed E-state index contributed by atoms with van der Waals surface area (Å²) in [4.78, 5) is 2.35. The summed E-state index contributed by atoms with van der Waals surface area (Å²) >= 11 is 0. The first-order valence-corrected chi connectivity index (χ1v) is 6.64. The summed E-state index contributed by atoms with van der Waals surface area (Å²) in [7, 11) is 0. The van der Waals surface area contributed by atoms with Crippen LogP contribution in [0.25, 0.3) is 0 Å². The molecule has 1 aliphatic rings. The SMILES string of the molecule is C=CCN(CC=C)Cc1cccc2c1CCCN2. The molecule has 0 atom stereocenters. The smallest absolute Gasteiger partial charge is 0.0375 e. The minimum Gasteiger partial charge on any atom is -0.385 e. The predicted molar refractivity (Wildman–Crippen MR) is 78.9 cm³/mol. The fraction of sp³-hybridized carbons (Fsp3) is 0.375. The molecule has 96 valence electrons. The van der Waals surface area contributed by atoms with Crippen LogP contribution in [0.3, 0.4) is 0 Å². The van der Waals surface area contributed by atoms with Crippen LogP contribution in [0.1, 0.15) is 17.5 Å². The normalized spacial score (nSPS) is 13.8. The van der Waals surface area contributed by atoms with Crippen molar-refractivity contribution in [1.29, 1.82) is 0 Å². The topological polar surface area (TPSA) is 15.3 Å². The van der Waals surface area contributed by atoms with Crippen molar-refractivity contribution in [3.8, 4) is 0 Å². The maximum Gasteiger partial charge on any atom is 0.0375 e. The van der Waals surface area contributed by atoms with Gasteiger partial charge < -0.3 is 5.32 Å². The standard InChI is InChI=1S/C16H22N2/c1-3-11-18(12-4-2)13-14-7-5-9-16-15(14)8-6-10-17-16/h3-5,7,9,17H,1-2,6,8,10-13H2. The Balaban J connectivity index is 2.16. The van der Waals surface area contributed by atoms with Gasteiger partial charge in [0.1, 0.15) is 0 Å². The lowest BCUT2D eigenvalue weighted by atomic mass is 9.97. The van der Waals surface area contributed by atoms with Gasteiger partial charge in [-0.2, -0.15) is 0 Å². The van der Waals surface area contributed by atoms with Gasteiger partial charge in [-0.15, -0.1) is 13.2 Å². The van der Waals surface area contributed by atoms with Crippen LogP contribution < -0.4 is 5.32 Å². The Labute approximate surface area is 110 Å². The molecule has 0 amide bonds. The molecule has 1 N–H and O–H groups in total. The number of fused-ring (bicyclic) bond motifs is 1. The zero-order valence-corrected chi connectivity index (χ0v) is 11.0. The van der Waals surface area contributed by atoms with Crippen molar-refractivity contribution in [3.63, 3.8) is 0 Å². The first kappa shape index (κ1) is 12.9. The van der Waals surface area contributed by atoms with E-state index in [2.05, 4.69) is 41.6 Å². The molecule has 18 heavy (non-hydrogen) atoms. The second kappa shape index (κ2) is 6.41. The fourth-order valence-electron chi connectivity index (χ4n) is 2.54. The van der Waals surface area contributed by atoms with Gasteiger partial charge >= 0.3 is 0 Å². The molecule has 0 unspecified atom stereocenters. The number of nitrogens with zero attached hydrogens (tertiary/aromatic N) is 1. The minimum atomic E-state index is 0.906. The van der Waals surface area contributed by atoms with Crippen LogP contribution in [0.2, 0.25) is 0 Å². The Kier molecular flexibility index (Phi) is 4.59. The van der Waals surface area contributed by atoms with E-state index in [-0.39, 0.29) is 0 Å². The predicted octanol–water partition coefficient (Wildman–Crippen LogP) is 3.22. The first-order chi connectivity index (χ1) is 8.85. The van der Waals surface area contributed by atoms with Gasteiger partial charge in [0.2, 0.25) is 0 Å². The average molecular weight is 242 g/mol. The van der Waals surface area contributed by atoms with Crippen LogP contribution in [-0.2, 0) is 13.0 Å². The molecule has 2 nitrogen and oxygen atoms in total. The number of benzene rings is 1. The van der Waals surface area contributed by atoms with Crippen LogP contribution >= 0.6 is 0 Å². The Morgan fingerprint density at radius 1 is 1.22 bits per heavy atom. The molecule has 0 spiro atoms. The lowest BCUT2D eigenvalue weighted by Crippen LogP contribution is -2.25. The summed E-state index contributed by atoms with van der Waals surface area (Å²) in [6.45, 7) is 11.5. The fourth-order valence-corrected chi connectivity index (χ4v) is 2.54. The summed E-state index contributed by atoms with van der Waals surface area (Å²) in [6.07, 6.45) is 6.33. The van der Waals surface area contributed by atoms with E-state index < -0.39 is 0 Å². The number of nitrogens with one attached hydrogen (secondary N) is 1. The Bertz CT molecular complexity index is 413. The molecule has 0 bridgehead atoms. The van der Waals surface area contributed by atoms with Gasteiger partial charge in [0, 0.05) is 31.9 Å². The summed E-state index contributed by atoms with van der Waals surface area (Å²) in [6, 6.07) is 6.57. The molecule has 1 heterocycles. The second-order valence-electron chi connectivity index (χ2n) is 4.75. The van der Waals surface area contributed by atoms with Crippen LogP contribution in [0.4, 0.5) is 5.69 Å². The van der Waals surface area contributed by atoms with E-state index in [0.717, 1.165) is 26.2 Å². The molecule has 0 radical (unpaired) electrons. The van der Waals surface area contributed by atoms with Crippen LogP contribution in [0, 0.1) is 0 Å². The van der Waals surface area contributed by atoms with E-state index in [1.807, 2.05) is 12.2 Å². The van der Waals surface area contributed by atoms with E-state index in [9.17, 15) is 0 Å². The molecular weight excluding hydrogens is 220 g/mol. The zero-order chi connectivity index (χ0) is 12.8. The van der Waals surface area contributed by atoms with Crippen molar-refractivity contribution < 1.29 is 0 Å². The third-order valence-electron chi connectivity index (χ3n) is 3.36. The van der Waals surface area contributed by atoms with E-state index in [4.69, 9.17) is 0 Å². The van der Waals surface area contributed by atoms with Crippen LogP contribution in [0.5, 0.6) is 0 Å². The molecule has 2 heteroatoms. The Morgan fingerprint density at radius 3 is 2.72 bits per heavy atom. The van der Waals surface area contributed by atoms with Crippen LogP contribution in [-0.4, -0.2) is 24.5 Å². The van der Waals surface area contributed by atoms with E-state index in [1.54, 1.807) is 0 Å². The van der Waals surface area contributed by atoms with E-state index in [0.29, 0.717) is 0 Å². The van der Waals surface area contributed by atoms with Gasteiger partial charge in [-0.3, -0.25) is 4.90 Å². The van der Waals surface area contributed by atoms with Gasteiger partial charge in [0.15, 0.2) is 0 Å². The lowest BCUT2D eigenvalue weighted by molar-refractivity contribution is 0.326. The van der Waals surface area contributed by atoms with Gasteiger partial charge in [-0.05, 0) is 30.0 Å². The number of hydrogen-bond acceptors (Lipinski definition) is 2. The van der Waals surface area contributed by atoms with Crippen molar-refractivity contribution in [2.24, 2.45) is 0 Å². The maximum atomic E-state index is 3.82. The van der Waals surface area contributed by atoms with Crippen molar-refractivity contribution >= 4 is 5.69 Å². The summed E-state index contributed by atoms with van der Waals surface area (Å²) < 4.78 is 0. The van der Waals surface area contributed by atoms with Crippen molar-refractivity contribution in [2.75, 3.05) is 25.0 Å². The lowest BCUT2D eigenvalue weighted by Gasteiger charge is -2.25. The van der Waals surface area contributed by atoms with Crippen molar-refractivity contribution in [1.82, 2.24) is 4.90 Å². The Morgan fingerprint density at radius 2 is 2.00 bits per heavy atom. The number of anilines is 1. The highest BCUT2D eigenvalue weighted by atomic mass is 15.1. The molecule has 0 aromatic heterocycles. The minimum absolute atomic E-state index is 0.906. The van der Waals surface area contributed by atoms with Gasteiger partial charge in [-0.1, -0.05) is 24.3 Å². The van der Waals surface area contributed by atoms with Gasteiger partial charge in [0.05, 0.1) is 0 Å². The quantitative estimate of drug-likeness (QED) is 0.771. The maximum absolute atomic E-state index is 3.82. The molecule has 0 aliphatic carbocycles. The van der Waals surface area contributed by atoms with Gasteiger partial charge in [-0.25, -0.2) is 0 Å². The molecule has 0 saturated heterocycles.